The predicted molar refractivity (Wildman–Crippen MR) is 143 cm³/mol. The van der Waals surface area contributed by atoms with Gasteiger partial charge in [0.15, 0.2) is 5.78 Å². The molecule has 7 nitrogen and oxygen atoms in total. The number of aromatic nitrogens is 1. The molecule has 1 fully saturated rings. The van der Waals surface area contributed by atoms with Gasteiger partial charge in [-0.3, -0.25) is 14.4 Å². The number of fused-ring (bicyclic) bond motifs is 2. The average Bonchev–Trinajstić information content (AvgIpc) is 3.19. The molecule has 2 aliphatic carbocycles. The number of carbonyl (C=O) groups is 3. The highest BCUT2D eigenvalue weighted by molar-refractivity contribution is 5.93. The molecule has 1 saturated carbocycles. The van der Waals surface area contributed by atoms with Crippen LogP contribution < -0.4 is 4.74 Å². The van der Waals surface area contributed by atoms with Crippen LogP contribution in [0.15, 0.2) is 24.3 Å². The maximum absolute atomic E-state index is 15.2. The third-order valence-electron chi connectivity index (χ3n) is 8.63. The van der Waals surface area contributed by atoms with Crippen LogP contribution in [-0.4, -0.2) is 47.8 Å². The number of halogens is 1. The molecule has 5 rings (SSSR count). The van der Waals surface area contributed by atoms with Gasteiger partial charge in [0.1, 0.15) is 11.9 Å². The van der Waals surface area contributed by atoms with Crippen molar-refractivity contribution >= 4 is 17.7 Å². The predicted octanol–water partition coefficient (Wildman–Crippen LogP) is 4.67. The molecule has 1 amide bonds. The number of ether oxygens (including phenoxy) is 2. The van der Waals surface area contributed by atoms with Crippen molar-refractivity contribution in [1.82, 2.24) is 9.88 Å². The lowest BCUT2D eigenvalue weighted by atomic mass is 9.72. The van der Waals surface area contributed by atoms with Gasteiger partial charge in [-0.2, -0.15) is 0 Å². The van der Waals surface area contributed by atoms with Crippen LogP contribution in [0, 0.1) is 17.7 Å². The minimum atomic E-state index is -0.795. The fraction of sp³-hybridized carbons (Fsp3) is 0.548. The van der Waals surface area contributed by atoms with E-state index in [9.17, 15) is 14.4 Å². The fourth-order valence-electron chi connectivity index (χ4n) is 6.61. The summed E-state index contributed by atoms with van der Waals surface area (Å²) in [4.78, 5) is 45.7. The van der Waals surface area contributed by atoms with E-state index in [1.165, 1.54) is 6.07 Å². The van der Waals surface area contributed by atoms with Gasteiger partial charge in [-0.1, -0.05) is 19.9 Å². The second-order valence-electron chi connectivity index (χ2n) is 11.8. The van der Waals surface area contributed by atoms with Crippen molar-refractivity contribution in [1.29, 1.82) is 0 Å². The number of methoxy groups -OCH3 is 1. The van der Waals surface area contributed by atoms with Gasteiger partial charge in [0.2, 0.25) is 11.8 Å². The first-order valence-corrected chi connectivity index (χ1v) is 14.0. The van der Waals surface area contributed by atoms with Crippen LogP contribution in [0.5, 0.6) is 5.88 Å². The second kappa shape index (κ2) is 10.7. The molecule has 0 spiro atoms. The Bertz CT molecular complexity index is 1300. The number of carbonyl (C=O) groups excluding carboxylic acids is 3. The summed E-state index contributed by atoms with van der Waals surface area (Å²) in [6.45, 7) is 6.59. The van der Waals surface area contributed by atoms with Gasteiger partial charge in [0.05, 0.1) is 19.4 Å². The maximum atomic E-state index is 15.2. The van der Waals surface area contributed by atoms with E-state index in [1.54, 1.807) is 25.0 Å². The lowest BCUT2D eigenvalue weighted by Gasteiger charge is -2.42. The summed E-state index contributed by atoms with van der Waals surface area (Å²) in [5.74, 6) is -0.376. The van der Waals surface area contributed by atoms with E-state index < -0.39 is 6.04 Å². The Hall–Kier alpha value is -3.29. The zero-order chi connectivity index (χ0) is 27.9. The molecule has 1 aromatic heterocycles. The van der Waals surface area contributed by atoms with Gasteiger partial charge < -0.3 is 14.4 Å². The molecule has 8 heteroatoms. The second-order valence-corrected chi connectivity index (χ2v) is 11.8. The smallest absolute Gasteiger partial charge is 0.306 e. The number of hydrogen-bond acceptors (Lipinski definition) is 6. The van der Waals surface area contributed by atoms with Crippen LogP contribution in [-0.2, 0) is 43.8 Å². The van der Waals surface area contributed by atoms with Gasteiger partial charge in [0.25, 0.3) is 0 Å². The van der Waals surface area contributed by atoms with Crippen molar-refractivity contribution in [3.8, 4) is 5.88 Å². The molecule has 0 saturated heterocycles. The summed E-state index contributed by atoms with van der Waals surface area (Å²) in [6.07, 6.45) is 3.73. The summed E-state index contributed by atoms with van der Waals surface area (Å²) in [5.41, 5.74) is 3.57. The Balaban J connectivity index is 1.38. The number of ketones is 1. The van der Waals surface area contributed by atoms with Crippen LogP contribution in [0.3, 0.4) is 0 Å². The van der Waals surface area contributed by atoms with E-state index in [4.69, 9.17) is 9.47 Å². The maximum Gasteiger partial charge on any atom is 0.306 e. The quantitative estimate of drug-likeness (QED) is 0.456. The number of amides is 1. The number of aryl methyl sites for hydroxylation is 1. The molecular formula is C31H37FN2O5. The van der Waals surface area contributed by atoms with Crippen molar-refractivity contribution in [2.45, 2.75) is 77.2 Å². The van der Waals surface area contributed by atoms with Crippen molar-refractivity contribution in [3.63, 3.8) is 0 Å². The Morgan fingerprint density at radius 1 is 1.15 bits per heavy atom. The van der Waals surface area contributed by atoms with Crippen molar-refractivity contribution in [3.05, 3.63) is 58.0 Å². The molecule has 1 aromatic carbocycles. The number of Topliss-reactive ketones (excluding diaryl/α,β-unsaturated/α-hetero) is 1. The van der Waals surface area contributed by atoms with Crippen molar-refractivity contribution in [2.75, 3.05) is 20.3 Å². The van der Waals surface area contributed by atoms with Crippen LogP contribution in [0.1, 0.15) is 80.4 Å². The monoisotopic (exact) mass is 536 g/mol. The Morgan fingerprint density at radius 3 is 2.64 bits per heavy atom. The fourth-order valence-corrected chi connectivity index (χ4v) is 6.61. The van der Waals surface area contributed by atoms with E-state index in [0.29, 0.717) is 55.8 Å². The largest absolute Gasteiger partial charge is 0.481 e. The summed E-state index contributed by atoms with van der Waals surface area (Å²) < 4.78 is 25.5. The molecule has 1 aliphatic heterocycles. The first-order chi connectivity index (χ1) is 18.6. The molecule has 1 atom stereocenters. The standard InChI is InChI=1S/C31H37FN2O5/c1-5-39-27(36)17-18-13-21(14-18)30(37)34-11-9-24-22(6-7-26(33-24)38-4)29(34)25(35)16-19-12-20-8-10-31(2,3)28(20)23(32)15-19/h6-7,12,15,18,21,29H,5,8-11,13-14,16-17H2,1-4H3. The number of rotatable bonds is 8. The zero-order valence-corrected chi connectivity index (χ0v) is 23.2. The van der Waals surface area contributed by atoms with Gasteiger partial charge in [-0.05, 0) is 72.8 Å². The molecule has 2 aromatic rings. The van der Waals surface area contributed by atoms with Gasteiger partial charge >= 0.3 is 5.97 Å². The molecule has 39 heavy (non-hydrogen) atoms. The first kappa shape index (κ1) is 27.3. The highest BCUT2D eigenvalue weighted by Crippen LogP contribution is 2.42. The van der Waals surface area contributed by atoms with Crippen molar-refractivity contribution in [2.24, 2.45) is 11.8 Å². The van der Waals surface area contributed by atoms with Gasteiger partial charge in [-0.15, -0.1) is 0 Å². The molecule has 1 unspecified atom stereocenters. The lowest BCUT2D eigenvalue weighted by molar-refractivity contribution is -0.151. The van der Waals surface area contributed by atoms with E-state index in [0.717, 1.165) is 29.7 Å². The highest BCUT2D eigenvalue weighted by atomic mass is 19.1. The molecule has 208 valence electrons. The Morgan fingerprint density at radius 2 is 1.92 bits per heavy atom. The third-order valence-corrected chi connectivity index (χ3v) is 8.63. The SMILES string of the molecule is CCOC(=O)CC1CC(C(=O)N2CCc3nc(OC)ccc3C2C(=O)Cc2cc(F)c3c(c2)CCC3(C)C)C1. The van der Waals surface area contributed by atoms with E-state index in [-0.39, 0.29) is 47.1 Å². The highest BCUT2D eigenvalue weighted by Gasteiger charge is 2.43. The zero-order valence-electron chi connectivity index (χ0n) is 23.2. The van der Waals surface area contributed by atoms with E-state index in [1.807, 2.05) is 26.0 Å². The molecule has 3 aliphatic rings. The van der Waals surface area contributed by atoms with Crippen LogP contribution >= 0.6 is 0 Å². The number of hydrogen-bond donors (Lipinski definition) is 0. The molecular weight excluding hydrogens is 499 g/mol. The first-order valence-electron chi connectivity index (χ1n) is 14.0. The third kappa shape index (κ3) is 5.30. The average molecular weight is 537 g/mol. The topological polar surface area (TPSA) is 85.8 Å². The number of benzene rings is 1. The minimum Gasteiger partial charge on any atom is -0.481 e. The Kier molecular flexibility index (Phi) is 7.49. The molecule has 2 heterocycles. The van der Waals surface area contributed by atoms with Crippen LogP contribution in [0.2, 0.25) is 0 Å². The van der Waals surface area contributed by atoms with Crippen LogP contribution in [0.4, 0.5) is 4.39 Å². The lowest BCUT2D eigenvalue weighted by Crippen LogP contribution is -2.49. The normalized spacial score (nSPS) is 22.9. The molecule has 0 N–H and O–H groups in total. The van der Waals surface area contributed by atoms with Gasteiger partial charge in [0, 0.05) is 43.4 Å². The summed E-state index contributed by atoms with van der Waals surface area (Å²) >= 11 is 0. The Labute approximate surface area is 229 Å². The van der Waals surface area contributed by atoms with Gasteiger partial charge in [-0.25, -0.2) is 9.37 Å². The molecule has 0 radical (unpaired) electrons. The number of nitrogens with zero attached hydrogens (tertiary/aromatic N) is 2. The van der Waals surface area contributed by atoms with Crippen molar-refractivity contribution < 1.29 is 28.2 Å². The molecule has 0 bridgehead atoms. The number of esters is 1. The summed E-state index contributed by atoms with van der Waals surface area (Å²) in [6, 6.07) is 6.18. The number of pyridine rings is 1. The van der Waals surface area contributed by atoms with E-state index >= 15 is 4.39 Å². The minimum absolute atomic E-state index is 0.0285. The summed E-state index contributed by atoms with van der Waals surface area (Å²) in [7, 11) is 1.54. The summed E-state index contributed by atoms with van der Waals surface area (Å²) in [5, 5.41) is 0. The van der Waals surface area contributed by atoms with Crippen LogP contribution in [0.25, 0.3) is 0 Å². The van der Waals surface area contributed by atoms with E-state index in [2.05, 4.69) is 4.98 Å².